The Labute approximate surface area is 179 Å². The molecule has 3 N–H and O–H groups in total. The third-order valence-electron chi connectivity index (χ3n) is 5.20. The molecule has 1 saturated heterocycles. The normalized spacial score (nSPS) is 18.2. The molecule has 2 bridgehead atoms. The molecule has 9 nitrogen and oxygen atoms in total. The number of pyridine rings is 2. The van der Waals surface area contributed by atoms with E-state index in [0.717, 1.165) is 12.3 Å². The fourth-order valence-electron chi connectivity index (χ4n) is 3.61. The van der Waals surface area contributed by atoms with Gasteiger partial charge in [-0.2, -0.15) is 13.2 Å². The molecule has 1 fully saturated rings. The number of nitrogens with one attached hydrogen (secondary N) is 2. The Balaban J connectivity index is 1.56. The Morgan fingerprint density at radius 1 is 1.25 bits per heavy atom. The van der Waals surface area contributed by atoms with Crippen LogP contribution in [0, 0.1) is 5.82 Å². The van der Waals surface area contributed by atoms with Gasteiger partial charge in [0.15, 0.2) is 11.9 Å². The van der Waals surface area contributed by atoms with Crippen molar-refractivity contribution in [3.63, 3.8) is 0 Å². The molecule has 2 aliphatic rings. The van der Waals surface area contributed by atoms with Crippen LogP contribution in [0.1, 0.15) is 16.9 Å². The first-order valence-electron chi connectivity index (χ1n) is 9.64. The molecule has 2 atom stereocenters. The Hall–Kier alpha value is -3.48. The maximum Gasteiger partial charge on any atom is 0.416 e. The van der Waals surface area contributed by atoms with Gasteiger partial charge in [-0.25, -0.2) is 19.2 Å². The van der Waals surface area contributed by atoms with Crippen molar-refractivity contribution in [2.24, 2.45) is 0 Å². The SMILES string of the molecule is O=C(NCC(O)C(F)(F)F)c1ccc2c(n1)N(C(=O)Nc1ccc(F)cn1)[C@H]1CCN2C1. The van der Waals surface area contributed by atoms with Gasteiger partial charge in [-0.3, -0.25) is 15.0 Å². The molecule has 0 aromatic carbocycles. The van der Waals surface area contributed by atoms with E-state index < -0.39 is 36.6 Å². The summed E-state index contributed by atoms with van der Waals surface area (Å²) in [6, 6.07) is 4.50. The molecule has 4 heterocycles. The number of aliphatic hydroxyl groups is 1. The zero-order chi connectivity index (χ0) is 23.0. The lowest BCUT2D eigenvalue weighted by Crippen LogP contribution is -2.48. The molecule has 32 heavy (non-hydrogen) atoms. The van der Waals surface area contributed by atoms with Crippen molar-refractivity contribution in [2.75, 3.05) is 34.8 Å². The van der Waals surface area contributed by atoms with Crippen LogP contribution in [0.5, 0.6) is 0 Å². The first kappa shape index (κ1) is 21.7. The number of amides is 3. The van der Waals surface area contributed by atoms with E-state index in [9.17, 15) is 27.2 Å². The van der Waals surface area contributed by atoms with E-state index >= 15 is 0 Å². The summed E-state index contributed by atoms with van der Waals surface area (Å²) in [5.74, 6) is -1.20. The van der Waals surface area contributed by atoms with E-state index in [1.165, 1.54) is 17.0 Å². The number of halogens is 4. The summed E-state index contributed by atoms with van der Waals surface area (Å²) in [5.41, 5.74) is 0.381. The van der Waals surface area contributed by atoms with Gasteiger partial charge >= 0.3 is 12.2 Å². The standard InChI is InChI=1S/C19H18F4N6O3/c20-10-1-4-15(24-7-10)27-18(32)29-11-5-6-28(9-11)13-3-2-12(26-16(13)29)17(31)25-8-14(30)19(21,22)23/h1-4,7,11,14,30H,5-6,8-9H2,(H,25,31)(H,24,27,32)/t11-,14?/m0/s1. The number of hydrogen-bond acceptors (Lipinski definition) is 6. The number of hydrogen-bond donors (Lipinski definition) is 3. The van der Waals surface area contributed by atoms with Crippen molar-refractivity contribution in [3.8, 4) is 0 Å². The summed E-state index contributed by atoms with van der Waals surface area (Å²) < 4.78 is 50.5. The van der Waals surface area contributed by atoms with Gasteiger partial charge in [0.2, 0.25) is 0 Å². The van der Waals surface area contributed by atoms with Crippen LogP contribution in [0.2, 0.25) is 0 Å². The molecule has 0 radical (unpaired) electrons. The van der Waals surface area contributed by atoms with Gasteiger partial charge in [0.1, 0.15) is 17.3 Å². The van der Waals surface area contributed by atoms with Crippen LogP contribution in [0.25, 0.3) is 0 Å². The van der Waals surface area contributed by atoms with E-state index in [0.29, 0.717) is 25.2 Å². The average Bonchev–Trinajstić information content (AvgIpc) is 3.16. The second kappa shape index (κ2) is 8.22. The first-order chi connectivity index (χ1) is 15.1. The zero-order valence-corrected chi connectivity index (χ0v) is 16.4. The third-order valence-corrected chi connectivity index (χ3v) is 5.20. The highest BCUT2D eigenvalue weighted by Gasteiger charge is 2.41. The fraction of sp³-hybridized carbons (Fsp3) is 0.368. The molecular weight excluding hydrogens is 436 g/mol. The highest BCUT2D eigenvalue weighted by molar-refractivity contribution is 6.05. The van der Waals surface area contributed by atoms with Crippen molar-refractivity contribution in [1.82, 2.24) is 15.3 Å². The minimum Gasteiger partial charge on any atom is -0.382 e. The van der Waals surface area contributed by atoms with Gasteiger partial charge in [-0.1, -0.05) is 0 Å². The van der Waals surface area contributed by atoms with Gasteiger partial charge in [-0.05, 0) is 30.7 Å². The van der Waals surface area contributed by atoms with E-state index in [1.54, 1.807) is 6.07 Å². The number of anilines is 3. The van der Waals surface area contributed by atoms with Gasteiger partial charge in [0.05, 0.1) is 24.5 Å². The number of rotatable bonds is 4. The summed E-state index contributed by atoms with van der Waals surface area (Å²) in [7, 11) is 0. The Morgan fingerprint density at radius 2 is 2.03 bits per heavy atom. The molecule has 170 valence electrons. The van der Waals surface area contributed by atoms with Gasteiger partial charge in [0, 0.05) is 13.1 Å². The lowest BCUT2D eigenvalue weighted by atomic mass is 10.1. The molecule has 1 unspecified atom stereocenters. The first-order valence-corrected chi connectivity index (χ1v) is 9.64. The molecule has 0 spiro atoms. The van der Waals surface area contributed by atoms with E-state index in [1.807, 2.05) is 10.2 Å². The topological polar surface area (TPSA) is 111 Å². The lowest BCUT2D eigenvalue weighted by molar-refractivity contribution is -0.201. The number of urea groups is 1. The number of carbonyl (C=O) groups excluding carboxylic acids is 2. The van der Waals surface area contributed by atoms with Gasteiger partial charge in [-0.15, -0.1) is 0 Å². The summed E-state index contributed by atoms with van der Waals surface area (Å²) in [4.78, 5) is 36.7. The smallest absolute Gasteiger partial charge is 0.382 e. The van der Waals surface area contributed by atoms with Gasteiger partial charge in [0.25, 0.3) is 5.91 Å². The maximum absolute atomic E-state index is 13.1. The zero-order valence-electron chi connectivity index (χ0n) is 16.4. The maximum atomic E-state index is 13.1. The van der Waals surface area contributed by atoms with Crippen LogP contribution >= 0.6 is 0 Å². The largest absolute Gasteiger partial charge is 0.416 e. The predicted molar refractivity (Wildman–Crippen MR) is 105 cm³/mol. The molecule has 2 aromatic rings. The second-order valence-electron chi connectivity index (χ2n) is 7.36. The van der Waals surface area contributed by atoms with Crippen molar-refractivity contribution < 1.29 is 32.3 Å². The molecule has 4 rings (SSSR count). The van der Waals surface area contributed by atoms with Crippen LogP contribution in [0.4, 0.5) is 39.7 Å². The third kappa shape index (κ3) is 4.28. The number of aliphatic hydroxyl groups excluding tert-OH is 1. The van der Waals surface area contributed by atoms with Crippen LogP contribution in [0.15, 0.2) is 30.5 Å². The quantitative estimate of drug-likeness (QED) is 0.609. The van der Waals surface area contributed by atoms with E-state index in [-0.39, 0.29) is 23.4 Å². The van der Waals surface area contributed by atoms with Crippen molar-refractivity contribution >= 4 is 29.3 Å². The van der Waals surface area contributed by atoms with Crippen LogP contribution < -0.4 is 20.4 Å². The number of nitrogens with zero attached hydrogens (tertiary/aromatic N) is 4. The average molecular weight is 454 g/mol. The molecule has 3 amide bonds. The summed E-state index contributed by atoms with van der Waals surface area (Å²) in [6.45, 7) is 0.166. The van der Waals surface area contributed by atoms with Crippen molar-refractivity contribution in [3.05, 3.63) is 42.0 Å². The van der Waals surface area contributed by atoms with E-state index in [4.69, 9.17) is 5.11 Å². The van der Waals surface area contributed by atoms with E-state index in [2.05, 4.69) is 15.3 Å². The summed E-state index contributed by atoms with van der Waals surface area (Å²) in [6.07, 6.45) is -5.99. The van der Waals surface area contributed by atoms with Crippen molar-refractivity contribution in [1.29, 1.82) is 0 Å². The molecule has 0 saturated carbocycles. The molecule has 2 aliphatic heterocycles. The monoisotopic (exact) mass is 454 g/mol. The summed E-state index contributed by atoms with van der Waals surface area (Å²) >= 11 is 0. The molecule has 0 aliphatic carbocycles. The Morgan fingerprint density at radius 3 is 2.72 bits per heavy atom. The minimum absolute atomic E-state index is 0.119. The highest BCUT2D eigenvalue weighted by Crippen LogP contribution is 2.39. The highest BCUT2D eigenvalue weighted by atomic mass is 19.4. The Kier molecular flexibility index (Phi) is 5.59. The Bertz CT molecular complexity index is 1030. The minimum atomic E-state index is -4.87. The van der Waals surface area contributed by atoms with Crippen LogP contribution in [0.3, 0.4) is 0 Å². The number of alkyl halides is 3. The fourth-order valence-corrected chi connectivity index (χ4v) is 3.61. The predicted octanol–water partition coefficient (Wildman–Crippen LogP) is 1.90. The molecule has 2 aromatic heterocycles. The second-order valence-corrected chi connectivity index (χ2v) is 7.36. The molecular formula is C19H18F4N6O3. The van der Waals surface area contributed by atoms with Gasteiger partial charge < -0.3 is 15.3 Å². The van der Waals surface area contributed by atoms with Crippen LogP contribution in [-0.4, -0.2) is 65.0 Å². The lowest BCUT2D eigenvalue weighted by Gasteiger charge is -2.35. The summed E-state index contributed by atoms with van der Waals surface area (Å²) in [5, 5.41) is 13.6. The number of fused-ring (bicyclic) bond motifs is 4. The van der Waals surface area contributed by atoms with Crippen molar-refractivity contribution in [2.45, 2.75) is 24.7 Å². The molecule has 13 heteroatoms. The number of aromatic nitrogens is 2. The number of carbonyl (C=O) groups is 2. The van der Waals surface area contributed by atoms with Crippen LogP contribution in [-0.2, 0) is 0 Å².